The van der Waals surface area contributed by atoms with Gasteiger partial charge in [-0.2, -0.15) is 0 Å². The van der Waals surface area contributed by atoms with Crippen LogP contribution in [0.1, 0.15) is 128 Å². The molecule has 178 valence electrons. The maximum Gasteiger partial charge on any atom is 0.127 e. The average molecular weight is 506 g/mol. The average Bonchev–Trinajstić information content (AvgIpc) is 2.79. The van der Waals surface area contributed by atoms with E-state index >= 15 is 0 Å². The summed E-state index contributed by atoms with van der Waals surface area (Å²) in [5.41, 5.74) is 0. The monoisotopic (exact) mass is 504 g/mol. The Morgan fingerprint density at radius 2 is 0.567 bits per heavy atom. The lowest BCUT2D eigenvalue weighted by Gasteiger charge is -2.42. The molecule has 0 unspecified atom stereocenters. The molecule has 0 spiro atoms. The zero-order chi connectivity index (χ0) is 19.0. The van der Waals surface area contributed by atoms with Gasteiger partial charge in [-0.3, -0.25) is 0 Å². The molecule has 0 saturated heterocycles. The highest BCUT2D eigenvalue weighted by Gasteiger charge is 2.36. The first-order valence-corrected chi connectivity index (χ1v) is 13.6. The van der Waals surface area contributed by atoms with Crippen molar-refractivity contribution in [3.05, 3.63) is 0 Å². The van der Waals surface area contributed by atoms with E-state index in [1.165, 1.54) is 142 Å². The van der Waals surface area contributed by atoms with Gasteiger partial charge >= 0.3 is 0 Å². The molecule has 4 aliphatic rings. The summed E-state index contributed by atoms with van der Waals surface area (Å²) in [7, 11) is 0. The topological polar surface area (TPSA) is 8.88 Å². The minimum atomic E-state index is 0. The first-order chi connectivity index (χ1) is 13.9. The molecule has 0 aromatic carbocycles. The van der Waals surface area contributed by atoms with E-state index < -0.39 is 0 Å². The SMILES string of the molecule is C1CCC([NH+](CC[NH+](C2CCCCC2)C2CCCCC2)C2CCCCC2)CC1.[Br-].[Cl-]. The second-order valence-electron chi connectivity index (χ2n) is 11.0. The molecule has 0 radical (unpaired) electrons. The summed E-state index contributed by atoms with van der Waals surface area (Å²) in [6, 6.07) is 4.04. The molecule has 0 aromatic rings. The lowest BCUT2D eigenvalue weighted by molar-refractivity contribution is -1.01. The van der Waals surface area contributed by atoms with Crippen molar-refractivity contribution in [2.75, 3.05) is 13.1 Å². The third kappa shape index (κ3) is 7.63. The van der Waals surface area contributed by atoms with Crippen LogP contribution >= 0.6 is 0 Å². The fraction of sp³-hybridized carbons (Fsp3) is 1.00. The molecule has 0 amide bonds. The second-order valence-corrected chi connectivity index (χ2v) is 11.0. The molecule has 0 aromatic heterocycles. The van der Waals surface area contributed by atoms with E-state index in [2.05, 4.69) is 9.80 Å². The Hall–Kier alpha value is 0.690. The zero-order valence-corrected chi connectivity index (χ0v) is 22.0. The van der Waals surface area contributed by atoms with Gasteiger partial charge in [-0.1, -0.05) is 25.7 Å². The Kier molecular flexibility index (Phi) is 13.3. The molecule has 4 saturated carbocycles. The van der Waals surface area contributed by atoms with E-state index in [0.29, 0.717) is 0 Å². The first-order valence-electron chi connectivity index (χ1n) is 13.6. The number of rotatable bonds is 7. The van der Waals surface area contributed by atoms with Crippen LogP contribution in [-0.4, -0.2) is 37.3 Å². The van der Waals surface area contributed by atoms with E-state index in [4.69, 9.17) is 0 Å². The summed E-state index contributed by atoms with van der Waals surface area (Å²) in [4.78, 5) is 4.17. The molecule has 4 fully saturated rings. The van der Waals surface area contributed by atoms with Crippen molar-refractivity contribution in [1.29, 1.82) is 0 Å². The lowest BCUT2D eigenvalue weighted by atomic mass is 9.87. The Bertz CT molecular complexity index is 349. The van der Waals surface area contributed by atoms with Crippen molar-refractivity contribution in [3.8, 4) is 0 Å². The number of quaternary nitrogens is 2. The van der Waals surface area contributed by atoms with Crippen LogP contribution in [0.2, 0.25) is 0 Å². The molecule has 4 rings (SSSR count). The minimum Gasteiger partial charge on any atom is -1.00 e. The summed E-state index contributed by atoms with van der Waals surface area (Å²) < 4.78 is 0. The van der Waals surface area contributed by atoms with Crippen LogP contribution in [0.3, 0.4) is 0 Å². The summed E-state index contributed by atoms with van der Waals surface area (Å²) in [6.45, 7) is 3.00. The van der Waals surface area contributed by atoms with Crippen LogP contribution in [-0.2, 0) is 0 Å². The predicted molar refractivity (Wildman–Crippen MR) is 119 cm³/mol. The van der Waals surface area contributed by atoms with Gasteiger partial charge in [-0.25, -0.2) is 0 Å². The maximum absolute atomic E-state index is 2.09. The third-order valence-corrected chi connectivity index (χ3v) is 9.22. The highest BCUT2D eigenvalue weighted by molar-refractivity contribution is 4.72. The van der Waals surface area contributed by atoms with Gasteiger partial charge in [0.15, 0.2) is 0 Å². The Morgan fingerprint density at radius 1 is 0.367 bits per heavy atom. The number of nitrogens with one attached hydrogen (secondary N) is 2. The second kappa shape index (κ2) is 14.8. The quantitative estimate of drug-likeness (QED) is 0.400. The molecule has 0 aliphatic heterocycles. The Morgan fingerprint density at radius 3 is 0.767 bits per heavy atom. The van der Waals surface area contributed by atoms with Crippen molar-refractivity contribution in [3.63, 3.8) is 0 Å². The van der Waals surface area contributed by atoms with Gasteiger partial charge in [0.1, 0.15) is 13.1 Å². The van der Waals surface area contributed by atoms with Crippen LogP contribution in [0.4, 0.5) is 0 Å². The van der Waals surface area contributed by atoms with Crippen LogP contribution < -0.4 is 39.2 Å². The number of hydrogen-bond donors (Lipinski definition) is 2. The van der Waals surface area contributed by atoms with Crippen molar-refractivity contribution >= 4 is 0 Å². The minimum absolute atomic E-state index is 0. The maximum atomic E-state index is 2.09. The summed E-state index contributed by atoms with van der Waals surface area (Å²) in [5.74, 6) is 0. The highest BCUT2D eigenvalue weighted by atomic mass is 79.9. The summed E-state index contributed by atoms with van der Waals surface area (Å²) >= 11 is 0. The van der Waals surface area contributed by atoms with E-state index in [0.717, 1.165) is 24.2 Å². The molecule has 0 atom stereocenters. The van der Waals surface area contributed by atoms with Crippen molar-refractivity contribution in [2.24, 2.45) is 0 Å². The fourth-order valence-corrected chi connectivity index (χ4v) is 7.67. The van der Waals surface area contributed by atoms with Gasteiger partial charge in [0.05, 0.1) is 24.2 Å². The lowest BCUT2D eigenvalue weighted by Crippen LogP contribution is -3.26. The van der Waals surface area contributed by atoms with Crippen molar-refractivity contribution in [2.45, 2.75) is 153 Å². The van der Waals surface area contributed by atoms with E-state index in [1.54, 1.807) is 0 Å². The molecule has 0 bridgehead atoms. The van der Waals surface area contributed by atoms with E-state index in [-0.39, 0.29) is 29.4 Å². The molecular formula is C26H50BrClN2. The van der Waals surface area contributed by atoms with Gasteiger partial charge in [0.2, 0.25) is 0 Å². The molecule has 30 heavy (non-hydrogen) atoms. The largest absolute Gasteiger partial charge is 1.00 e. The Balaban J connectivity index is 0.00000160. The van der Waals surface area contributed by atoms with Gasteiger partial charge < -0.3 is 39.2 Å². The smallest absolute Gasteiger partial charge is 0.127 e. The van der Waals surface area contributed by atoms with Gasteiger partial charge in [0, 0.05) is 0 Å². The predicted octanol–water partition coefficient (Wildman–Crippen LogP) is -1.90. The molecule has 4 aliphatic carbocycles. The van der Waals surface area contributed by atoms with Crippen LogP contribution in [0.25, 0.3) is 0 Å². The van der Waals surface area contributed by atoms with Gasteiger partial charge in [0.25, 0.3) is 0 Å². The first kappa shape index (κ1) is 26.9. The van der Waals surface area contributed by atoms with Gasteiger partial charge in [-0.05, 0) is 103 Å². The third-order valence-electron chi connectivity index (χ3n) is 9.22. The molecule has 4 heteroatoms. The highest BCUT2D eigenvalue weighted by Crippen LogP contribution is 2.21. The number of halogens is 2. The van der Waals surface area contributed by atoms with Crippen LogP contribution in [0, 0.1) is 0 Å². The Labute approximate surface area is 204 Å². The van der Waals surface area contributed by atoms with E-state index in [9.17, 15) is 0 Å². The molecular weight excluding hydrogens is 456 g/mol. The van der Waals surface area contributed by atoms with E-state index in [1.807, 2.05) is 0 Å². The molecule has 2 nitrogen and oxygen atoms in total. The normalized spacial score (nSPS) is 25.8. The molecule has 0 heterocycles. The fourth-order valence-electron chi connectivity index (χ4n) is 7.67. The standard InChI is InChI=1S/C26H48N2.BrH.ClH/c1-5-13-23(14-6-1)27(24-15-7-2-8-16-24)21-22-28(25-17-9-3-10-18-25)26-19-11-4-12-20-26;;/h23-26H,1-22H2;2*1H. The number of hydrogen-bond acceptors (Lipinski definition) is 0. The summed E-state index contributed by atoms with van der Waals surface area (Å²) in [6.07, 6.45) is 30.5. The van der Waals surface area contributed by atoms with Gasteiger partial charge in [-0.15, -0.1) is 0 Å². The summed E-state index contributed by atoms with van der Waals surface area (Å²) in [5, 5.41) is 0. The van der Waals surface area contributed by atoms with Crippen LogP contribution in [0.15, 0.2) is 0 Å². The molecule has 2 N–H and O–H groups in total. The van der Waals surface area contributed by atoms with Crippen LogP contribution in [0.5, 0.6) is 0 Å². The zero-order valence-electron chi connectivity index (χ0n) is 19.6. The van der Waals surface area contributed by atoms with Crippen molar-refractivity contribution < 1.29 is 39.2 Å². The van der Waals surface area contributed by atoms with Crippen molar-refractivity contribution in [1.82, 2.24) is 0 Å².